The number of rotatable bonds is 6. The molecular formula is C20H24O7S2. The third kappa shape index (κ3) is 5.23. The summed E-state index contributed by atoms with van der Waals surface area (Å²) in [6.07, 6.45) is -2.59. The van der Waals surface area contributed by atoms with Crippen molar-refractivity contribution in [3.63, 3.8) is 0 Å². The molecule has 0 aliphatic heterocycles. The minimum atomic E-state index is -4.20. The number of benzene rings is 2. The normalized spacial score (nSPS) is 23.1. The van der Waals surface area contributed by atoms with Gasteiger partial charge in [0, 0.05) is 0 Å². The first kappa shape index (κ1) is 21.9. The topological polar surface area (TPSA) is 107 Å². The molecule has 29 heavy (non-hydrogen) atoms. The van der Waals surface area contributed by atoms with Crippen molar-refractivity contribution in [2.24, 2.45) is 0 Å². The molecule has 1 aliphatic rings. The monoisotopic (exact) mass is 440 g/mol. The Morgan fingerprint density at radius 2 is 1.21 bits per heavy atom. The standard InChI is InChI=1S/C20H24O7S2/c1-14-6-10-16(11-7-14)28(22,23)26-19-5-3-4-18(21)20(19)27-29(24,25)17-12-8-15(2)9-13-17/h6-13,18-21H,3-5H2,1-2H3. The number of hydrogen-bond acceptors (Lipinski definition) is 7. The Balaban J connectivity index is 1.84. The molecule has 1 aliphatic carbocycles. The van der Waals surface area contributed by atoms with E-state index in [2.05, 4.69) is 0 Å². The zero-order valence-corrected chi connectivity index (χ0v) is 17.8. The van der Waals surface area contributed by atoms with Crippen molar-refractivity contribution in [1.29, 1.82) is 0 Å². The van der Waals surface area contributed by atoms with E-state index in [1.165, 1.54) is 24.3 Å². The molecule has 0 aromatic heterocycles. The van der Waals surface area contributed by atoms with Gasteiger partial charge in [-0.15, -0.1) is 0 Å². The molecule has 2 aromatic carbocycles. The fourth-order valence-electron chi connectivity index (χ4n) is 3.16. The second-order valence-electron chi connectivity index (χ2n) is 7.23. The van der Waals surface area contributed by atoms with E-state index >= 15 is 0 Å². The van der Waals surface area contributed by atoms with Gasteiger partial charge in [-0.05, 0) is 57.4 Å². The van der Waals surface area contributed by atoms with E-state index in [9.17, 15) is 21.9 Å². The molecule has 3 rings (SSSR count). The zero-order chi connectivity index (χ0) is 21.2. The van der Waals surface area contributed by atoms with E-state index in [1.807, 2.05) is 13.8 Å². The highest BCUT2D eigenvalue weighted by atomic mass is 32.2. The third-order valence-electron chi connectivity index (χ3n) is 4.84. The minimum absolute atomic E-state index is 0.0386. The molecule has 0 amide bonds. The molecule has 0 saturated heterocycles. The van der Waals surface area contributed by atoms with Gasteiger partial charge in [-0.25, -0.2) is 0 Å². The fourth-order valence-corrected chi connectivity index (χ4v) is 5.40. The van der Waals surface area contributed by atoms with Crippen LogP contribution < -0.4 is 0 Å². The van der Waals surface area contributed by atoms with Gasteiger partial charge in [0.15, 0.2) is 0 Å². The van der Waals surface area contributed by atoms with E-state index in [-0.39, 0.29) is 16.2 Å². The van der Waals surface area contributed by atoms with E-state index in [1.54, 1.807) is 24.3 Å². The molecule has 158 valence electrons. The van der Waals surface area contributed by atoms with Gasteiger partial charge in [0.1, 0.15) is 12.2 Å². The maximum atomic E-state index is 12.6. The average Bonchev–Trinajstić information content (AvgIpc) is 2.65. The highest BCUT2D eigenvalue weighted by Gasteiger charge is 2.40. The lowest BCUT2D eigenvalue weighted by Gasteiger charge is -2.33. The Kier molecular flexibility index (Phi) is 6.45. The van der Waals surface area contributed by atoms with Crippen molar-refractivity contribution < 1.29 is 30.3 Å². The summed E-state index contributed by atoms with van der Waals surface area (Å²) in [5.74, 6) is 0. The summed E-state index contributed by atoms with van der Waals surface area (Å²) in [7, 11) is -8.35. The van der Waals surface area contributed by atoms with Gasteiger partial charge in [-0.1, -0.05) is 35.4 Å². The summed E-state index contributed by atoms with van der Waals surface area (Å²) < 4.78 is 61.1. The van der Waals surface area contributed by atoms with Crippen molar-refractivity contribution in [3.8, 4) is 0 Å². The van der Waals surface area contributed by atoms with Crippen LogP contribution in [0.15, 0.2) is 58.3 Å². The van der Waals surface area contributed by atoms with Crippen LogP contribution in [0.5, 0.6) is 0 Å². The Hall–Kier alpha value is -1.78. The van der Waals surface area contributed by atoms with E-state index in [0.717, 1.165) is 11.1 Å². The first-order chi connectivity index (χ1) is 13.6. The zero-order valence-electron chi connectivity index (χ0n) is 16.2. The van der Waals surface area contributed by atoms with Crippen LogP contribution in [0.2, 0.25) is 0 Å². The number of aliphatic hydroxyl groups excluding tert-OH is 1. The summed E-state index contributed by atoms with van der Waals surface area (Å²) in [4.78, 5) is -0.107. The maximum Gasteiger partial charge on any atom is 0.297 e. The van der Waals surface area contributed by atoms with Crippen LogP contribution in [0, 0.1) is 13.8 Å². The number of aryl methyl sites for hydroxylation is 2. The number of aliphatic hydroxyl groups is 1. The Bertz CT molecular complexity index is 1040. The van der Waals surface area contributed by atoms with Crippen LogP contribution in [-0.2, 0) is 28.6 Å². The van der Waals surface area contributed by atoms with Crippen LogP contribution >= 0.6 is 0 Å². The summed E-state index contributed by atoms with van der Waals surface area (Å²) in [6, 6.07) is 12.2. The molecular weight excluding hydrogens is 416 g/mol. The van der Waals surface area contributed by atoms with Gasteiger partial charge in [0.25, 0.3) is 20.2 Å². The van der Waals surface area contributed by atoms with E-state index in [4.69, 9.17) is 8.37 Å². The first-order valence-corrected chi connectivity index (χ1v) is 12.1. The molecule has 7 nitrogen and oxygen atoms in total. The highest BCUT2D eigenvalue weighted by molar-refractivity contribution is 7.87. The molecule has 0 spiro atoms. The summed E-state index contributed by atoms with van der Waals surface area (Å²) in [6.45, 7) is 3.65. The fraction of sp³-hybridized carbons (Fsp3) is 0.400. The van der Waals surface area contributed by atoms with Gasteiger partial charge < -0.3 is 5.11 Å². The minimum Gasteiger partial charge on any atom is -0.390 e. The predicted molar refractivity (Wildman–Crippen MR) is 106 cm³/mol. The molecule has 1 N–H and O–H groups in total. The summed E-state index contributed by atoms with van der Waals surface area (Å²) in [5, 5.41) is 10.3. The van der Waals surface area contributed by atoms with Crippen LogP contribution in [0.25, 0.3) is 0 Å². The maximum absolute atomic E-state index is 12.6. The van der Waals surface area contributed by atoms with Crippen LogP contribution in [0.3, 0.4) is 0 Å². The average molecular weight is 441 g/mol. The van der Waals surface area contributed by atoms with Gasteiger partial charge >= 0.3 is 0 Å². The second-order valence-corrected chi connectivity index (χ2v) is 10.4. The summed E-state index contributed by atoms with van der Waals surface area (Å²) in [5.41, 5.74) is 1.77. The molecule has 9 heteroatoms. The molecule has 3 atom stereocenters. The molecule has 0 radical (unpaired) electrons. The lowest BCUT2D eigenvalue weighted by Crippen LogP contribution is -2.46. The lowest BCUT2D eigenvalue weighted by atomic mass is 9.92. The Morgan fingerprint density at radius 3 is 1.69 bits per heavy atom. The molecule has 2 aromatic rings. The smallest absolute Gasteiger partial charge is 0.297 e. The molecule has 3 unspecified atom stereocenters. The van der Waals surface area contributed by atoms with Crippen molar-refractivity contribution in [1.82, 2.24) is 0 Å². The van der Waals surface area contributed by atoms with Gasteiger partial charge in [-0.3, -0.25) is 8.37 Å². The summed E-state index contributed by atoms with van der Waals surface area (Å²) >= 11 is 0. The Morgan fingerprint density at radius 1 is 0.759 bits per heavy atom. The second kappa shape index (κ2) is 8.53. The van der Waals surface area contributed by atoms with Crippen molar-refractivity contribution >= 4 is 20.2 Å². The van der Waals surface area contributed by atoms with Crippen LogP contribution in [-0.4, -0.2) is 40.3 Å². The molecule has 1 saturated carbocycles. The third-order valence-corrected chi connectivity index (χ3v) is 7.52. The predicted octanol–water partition coefficient (Wildman–Crippen LogP) is 2.70. The van der Waals surface area contributed by atoms with Crippen LogP contribution in [0.1, 0.15) is 30.4 Å². The Labute approximate surface area is 171 Å². The quantitative estimate of drug-likeness (QED) is 0.688. The van der Waals surface area contributed by atoms with Crippen molar-refractivity contribution in [2.45, 2.75) is 61.2 Å². The van der Waals surface area contributed by atoms with Crippen molar-refractivity contribution in [2.75, 3.05) is 0 Å². The van der Waals surface area contributed by atoms with Crippen molar-refractivity contribution in [3.05, 3.63) is 59.7 Å². The van der Waals surface area contributed by atoms with E-state index in [0.29, 0.717) is 12.8 Å². The molecule has 0 heterocycles. The number of hydrogen-bond donors (Lipinski definition) is 1. The molecule has 1 fully saturated rings. The van der Waals surface area contributed by atoms with E-state index < -0.39 is 38.5 Å². The first-order valence-electron chi connectivity index (χ1n) is 9.26. The molecule has 0 bridgehead atoms. The SMILES string of the molecule is Cc1ccc(S(=O)(=O)OC2CCCC(O)C2OS(=O)(=O)c2ccc(C)cc2)cc1. The highest BCUT2D eigenvalue weighted by Crippen LogP contribution is 2.30. The van der Waals surface area contributed by atoms with Crippen LogP contribution in [0.4, 0.5) is 0 Å². The van der Waals surface area contributed by atoms with Gasteiger partial charge in [-0.2, -0.15) is 16.8 Å². The van der Waals surface area contributed by atoms with Gasteiger partial charge in [0.05, 0.1) is 15.9 Å². The lowest BCUT2D eigenvalue weighted by molar-refractivity contribution is -0.0556. The van der Waals surface area contributed by atoms with Gasteiger partial charge in [0.2, 0.25) is 0 Å². The largest absolute Gasteiger partial charge is 0.390 e.